The van der Waals surface area contributed by atoms with Gasteiger partial charge in [-0.25, -0.2) is 0 Å². The van der Waals surface area contributed by atoms with Crippen molar-refractivity contribution < 1.29 is 9.84 Å². The highest BCUT2D eigenvalue weighted by Crippen LogP contribution is 2.25. The summed E-state index contributed by atoms with van der Waals surface area (Å²) in [5, 5.41) is 15.3. The monoisotopic (exact) mass is 590 g/mol. The van der Waals surface area contributed by atoms with Crippen LogP contribution in [0.5, 0.6) is 5.75 Å². The molecule has 2 fully saturated rings. The number of nitrogens with zero attached hydrogens (tertiary/aromatic N) is 3. The predicted molar refractivity (Wildman–Crippen MR) is 174 cm³/mol. The summed E-state index contributed by atoms with van der Waals surface area (Å²) in [5.41, 5.74) is 3.79. The van der Waals surface area contributed by atoms with Crippen molar-refractivity contribution in [3.8, 4) is 5.75 Å². The highest BCUT2D eigenvalue weighted by Gasteiger charge is 2.22. The van der Waals surface area contributed by atoms with Crippen LogP contribution >= 0.6 is 11.6 Å². The Kier molecular flexibility index (Phi) is 11.6. The van der Waals surface area contributed by atoms with Crippen LogP contribution in [0.15, 0.2) is 78.9 Å². The standard InChI is InChI=1S/C35H47ClN4O2/c1-2-35(37-24-28-16-18-38(19-17-28)25-30-8-6-7-11-34(30)36)29-12-14-33(15-13-29)42-27-32(41)26-39-20-22-40(23-21-39)31-9-4-3-5-10-31/h3-15,28,32,35,37,41H,2,16-27H2,1H3. The van der Waals surface area contributed by atoms with Gasteiger partial charge in [0.05, 0.1) is 0 Å². The highest BCUT2D eigenvalue weighted by atomic mass is 35.5. The maximum Gasteiger partial charge on any atom is 0.119 e. The number of para-hydroxylation sites is 1. The molecule has 0 saturated carbocycles. The summed E-state index contributed by atoms with van der Waals surface area (Å²) in [5.74, 6) is 1.51. The van der Waals surface area contributed by atoms with E-state index in [0.717, 1.165) is 69.6 Å². The van der Waals surface area contributed by atoms with Gasteiger partial charge in [0.15, 0.2) is 0 Å². The van der Waals surface area contributed by atoms with Gasteiger partial charge in [-0.3, -0.25) is 9.80 Å². The number of β-amino-alcohol motifs (C(OH)–C–C–N with tert-alkyl or cyclic N) is 1. The Bertz CT molecular complexity index is 1200. The number of hydrogen-bond donors (Lipinski definition) is 2. The molecule has 0 aliphatic carbocycles. The topological polar surface area (TPSA) is 51.2 Å². The summed E-state index contributed by atoms with van der Waals surface area (Å²) in [6, 6.07) is 27.5. The Balaban J connectivity index is 0.990. The van der Waals surface area contributed by atoms with Crippen molar-refractivity contribution in [3.05, 3.63) is 95.0 Å². The third-order valence-electron chi connectivity index (χ3n) is 8.81. The first kappa shape index (κ1) is 30.8. The number of piperidine rings is 1. The van der Waals surface area contributed by atoms with Crippen LogP contribution < -0.4 is 15.0 Å². The van der Waals surface area contributed by atoms with Gasteiger partial charge in [0.2, 0.25) is 0 Å². The van der Waals surface area contributed by atoms with Crippen molar-refractivity contribution in [3.63, 3.8) is 0 Å². The summed E-state index contributed by atoms with van der Waals surface area (Å²) in [6.45, 7) is 11.3. The van der Waals surface area contributed by atoms with Crippen LogP contribution in [-0.2, 0) is 6.54 Å². The van der Waals surface area contributed by atoms with E-state index >= 15 is 0 Å². The molecule has 6 nitrogen and oxygen atoms in total. The number of benzene rings is 3. The second-order valence-corrected chi connectivity index (χ2v) is 12.2. The average molecular weight is 591 g/mol. The van der Waals surface area contributed by atoms with E-state index in [1.807, 2.05) is 24.3 Å². The predicted octanol–water partition coefficient (Wildman–Crippen LogP) is 5.85. The molecular weight excluding hydrogens is 544 g/mol. The molecule has 2 unspecified atom stereocenters. The SMILES string of the molecule is CCC(NCC1CCN(Cc2ccccc2Cl)CC1)c1ccc(OCC(O)CN2CCN(c3ccccc3)CC2)cc1. The zero-order valence-electron chi connectivity index (χ0n) is 25.0. The molecule has 226 valence electrons. The molecule has 3 aromatic carbocycles. The zero-order valence-corrected chi connectivity index (χ0v) is 25.8. The maximum absolute atomic E-state index is 10.6. The summed E-state index contributed by atoms with van der Waals surface area (Å²) < 4.78 is 5.96. The molecule has 0 aromatic heterocycles. The van der Waals surface area contributed by atoms with Crippen LogP contribution in [0.1, 0.15) is 43.4 Å². The minimum atomic E-state index is -0.505. The fourth-order valence-electron chi connectivity index (χ4n) is 6.19. The van der Waals surface area contributed by atoms with Gasteiger partial charge in [0.1, 0.15) is 18.5 Å². The molecule has 7 heteroatoms. The molecule has 2 atom stereocenters. The normalized spacial score (nSPS) is 18.6. The zero-order chi connectivity index (χ0) is 29.1. The maximum atomic E-state index is 10.6. The molecule has 2 aliphatic rings. The molecule has 0 bridgehead atoms. The van der Waals surface area contributed by atoms with Crippen LogP contribution in [0.2, 0.25) is 5.02 Å². The average Bonchev–Trinajstić information content (AvgIpc) is 3.03. The minimum Gasteiger partial charge on any atom is -0.491 e. The second kappa shape index (κ2) is 15.7. The summed E-state index contributed by atoms with van der Waals surface area (Å²) in [4.78, 5) is 7.26. The fraction of sp³-hybridized carbons (Fsp3) is 0.486. The lowest BCUT2D eigenvalue weighted by atomic mass is 9.95. The Morgan fingerprint density at radius 1 is 0.857 bits per heavy atom. The number of rotatable bonds is 13. The molecule has 2 heterocycles. The smallest absolute Gasteiger partial charge is 0.119 e. The van der Waals surface area contributed by atoms with Gasteiger partial charge in [-0.1, -0.05) is 67.1 Å². The van der Waals surface area contributed by atoms with Crippen LogP contribution in [0.4, 0.5) is 5.69 Å². The van der Waals surface area contributed by atoms with Crippen molar-refractivity contribution >= 4 is 17.3 Å². The van der Waals surface area contributed by atoms with Crippen LogP contribution in [0.25, 0.3) is 0 Å². The third-order valence-corrected chi connectivity index (χ3v) is 9.18. The first-order valence-electron chi connectivity index (χ1n) is 15.7. The van der Waals surface area contributed by atoms with E-state index in [9.17, 15) is 5.11 Å². The Hall–Kier alpha value is -2.61. The lowest BCUT2D eigenvalue weighted by Gasteiger charge is -2.36. The Morgan fingerprint density at radius 3 is 2.24 bits per heavy atom. The lowest BCUT2D eigenvalue weighted by Crippen LogP contribution is -2.49. The number of aliphatic hydroxyl groups excluding tert-OH is 1. The van der Waals surface area contributed by atoms with E-state index in [0.29, 0.717) is 25.1 Å². The van der Waals surface area contributed by atoms with Gasteiger partial charge in [-0.2, -0.15) is 0 Å². The molecule has 0 amide bonds. The summed E-state index contributed by atoms with van der Waals surface area (Å²) in [7, 11) is 0. The Morgan fingerprint density at radius 2 is 1.55 bits per heavy atom. The molecule has 42 heavy (non-hydrogen) atoms. The molecule has 5 rings (SSSR count). The van der Waals surface area contributed by atoms with Gasteiger partial charge in [-0.15, -0.1) is 0 Å². The first-order valence-corrected chi connectivity index (χ1v) is 16.1. The quantitative estimate of drug-likeness (QED) is 0.260. The number of nitrogens with one attached hydrogen (secondary N) is 1. The van der Waals surface area contributed by atoms with E-state index < -0.39 is 6.10 Å². The Labute approximate surface area is 257 Å². The van der Waals surface area contributed by atoms with Gasteiger partial charge in [0, 0.05) is 56.0 Å². The molecule has 3 aromatic rings. The molecule has 2 saturated heterocycles. The first-order chi connectivity index (χ1) is 20.6. The molecule has 0 spiro atoms. The van der Waals surface area contributed by atoms with Crippen LogP contribution in [0, 0.1) is 5.92 Å². The summed E-state index contributed by atoms with van der Waals surface area (Å²) >= 11 is 6.37. The lowest BCUT2D eigenvalue weighted by molar-refractivity contribution is 0.0663. The number of aliphatic hydroxyl groups is 1. The van der Waals surface area contributed by atoms with Crippen molar-refractivity contribution in [2.24, 2.45) is 5.92 Å². The fourth-order valence-corrected chi connectivity index (χ4v) is 6.39. The number of piperazine rings is 1. The molecule has 2 N–H and O–H groups in total. The summed E-state index contributed by atoms with van der Waals surface area (Å²) in [6.07, 6.45) is 2.97. The van der Waals surface area contributed by atoms with Gasteiger partial charge >= 0.3 is 0 Å². The number of halogens is 1. The molecule has 0 radical (unpaired) electrons. The second-order valence-electron chi connectivity index (χ2n) is 11.8. The van der Waals surface area contributed by atoms with E-state index in [1.165, 1.54) is 29.7 Å². The van der Waals surface area contributed by atoms with Crippen molar-refractivity contribution in [2.75, 3.05) is 63.9 Å². The number of hydrogen-bond acceptors (Lipinski definition) is 6. The largest absolute Gasteiger partial charge is 0.491 e. The van der Waals surface area contributed by atoms with Crippen molar-refractivity contribution in [1.82, 2.24) is 15.1 Å². The highest BCUT2D eigenvalue weighted by molar-refractivity contribution is 6.31. The van der Waals surface area contributed by atoms with E-state index in [2.05, 4.69) is 81.5 Å². The van der Waals surface area contributed by atoms with Gasteiger partial charge in [-0.05, 0) is 86.3 Å². The van der Waals surface area contributed by atoms with Gasteiger partial charge < -0.3 is 20.1 Å². The molecule has 2 aliphatic heterocycles. The molecular formula is C35H47ClN4O2. The third kappa shape index (κ3) is 8.95. The van der Waals surface area contributed by atoms with Crippen molar-refractivity contribution in [1.29, 1.82) is 0 Å². The number of ether oxygens (including phenoxy) is 1. The van der Waals surface area contributed by atoms with E-state index in [1.54, 1.807) is 0 Å². The van der Waals surface area contributed by atoms with E-state index in [-0.39, 0.29) is 0 Å². The minimum absolute atomic E-state index is 0.308. The number of likely N-dealkylation sites (tertiary alicyclic amines) is 1. The van der Waals surface area contributed by atoms with Gasteiger partial charge in [0.25, 0.3) is 0 Å². The van der Waals surface area contributed by atoms with Crippen molar-refractivity contribution in [2.45, 2.75) is 44.9 Å². The van der Waals surface area contributed by atoms with Crippen LogP contribution in [0.3, 0.4) is 0 Å². The van der Waals surface area contributed by atoms with E-state index in [4.69, 9.17) is 16.3 Å². The van der Waals surface area contributed by atoms with Crippen LogP contribution in [-0.4, -0.2) is 80.0 Å². The number of anilines is 1.